The molecular weight excluding hydrogens is 1100 g/mol. The summed E-state index contributed by atoms with van der Waals surface area (Å²) in [4.78, 5) is 25.7. The van der Waals surface area contributed by atoms with Crippen LogP contribution in [0.1, 0.15) is 87.9 Å². The molecule has 4 atom stereocenters. The number of aromatic nitrogens is 12. The van der Waals surface area contributed by atoms with Crippen LogP contribution < -0.4 is 28.4 Å². The zero-order valence-electron chi connectivity index (χ0n) is 48.2. The van der Waals surface area contributed by atoms with E-state index < -0.39 is 53.9 Å². The average Bonchev–Trinajstić information content (AvgIpc) is 4.14. The molecule has 8 aromatic rings. The molecule has 6 heterocycles. The Hall–Kier alpha value is -8.20. The van der Waals surface area contributed by atoms with Gasteiger partial charge in [0.1, 0.15) is 58.1 Å². The molecule has 0 aliphatic heterocycles. The zero-order valence-corrected chi connectivity index (χ0v) is 49.8. The molecule has 436 valence electrons. The first-order valence-electron chi connectivity index (χ1n) is 25.8. The van der Waals surface area contributed by atoms with Gasteiger partial charge in [-0.3, -0.25) is 29.1 Å². The van der Waals surface area contributed by atoms with Crippen LogP contribution in [0.25, 0.3) is 34.2 Å². The Labute approximate surface area is 477 Å². The molecule has 0 saturated carbocycles. The summed E-state index contributed by atoms with van der Waals surface area (Å²) in [5.41, 5.74) is 4.78. The zero-order chi connectivity index (χ0) is 59.5. The lowest BCUT2D eigenvalue weighted by atomic mass is 10.2. The predicted octanol–water partition coefficient (Wildman–Crippen LogP) is 7.85. The minimum Gasteiger partial charge on any atom is -0.494 e. The maximum atomic E-state index is 14.0. The molecule has 0 saturated heterocycles. The highest BCUT2D eigenvalue weighted by molar-refractivity contribution is 7.91. The molecule has 0 amide bonds. The summed E-state index contributed by atoms with van der Waals surface area (Å²) in [5, 5.41) is 15.5. The van der Waals surface area contributed by atoms with E-state index in [-0.39, 0.29) is 23.9 Å². The Morgan fingerprint density at radius 3 is 1.09 bits per heavy atom. The number of para-hydroxylation sites is 2. The van der Waals surface area contributed by atoms with E-state index in [1.54, 1.807) is 84.2 Å². The normalized spacial score (nSPS) is 13.2. The van der Waals surface area contributed by atoms with Crippen molar-refractivity contribution in [3.05, 3.63) is 132 Å². The van der Waals surface area contributed by atoms with E-state index in [1.807, 2.05) is 53.7 Å². The summed E-state index contributed by atoms with van der Waals surface area (Å²) in [6.07, 6.45) is 10.2. The van der Waals surface area contributed by atoms with Gasteiger partial charge < -0.3 is 37.9 Å². The van der Waals surface area contributed by atoms with Gasteiger partial charge in [0.25, 0.3) is 0 Å². The second-order valence-corrected chi connectivity index (χ2v) is 24.0. The third-order valence-corrected chi connectivity index (χ3v) is 16.8. The van der Waals surface area contributed by atoms with Gasteiger partial charge in [0.15, 0.2) is 43.0 Å². The van der Waals surface area contributed by atoms with Crippen LogP contribution in [0.5, 0.6) is 34.8 Å². The van der Waals surface area contributed by atoms with Crippen molar-refractivity contribution in [2.45, 2.75) is 102 Å². The van der Waals surface area contributed by atoms with E-state index in [0.717, 1.165) is 11.1 Å². The first-order chi connectivity index (χ1) is 39.2. The van der Waals surface area contributed by atoms with Gasteiger partial charge in [0.2, 0.25) is 11.8 Å². The van der Waals surface area contributed by atoms with Gasteiger partial charge in [-0.25, -0.2) is 26.8 Å². The summed E-state index contributed by atoms with van der Waals surface area (Å²) >= 11 is 0. The molecule has 0 spiro atoms. The maximum absolute atomic E-state index is 14.0. The number of pyridine rings is 2. The highest BCUT2D eigenvalue weighted by Crippen LogP contribution is 2.40. The number of nitrogens with zero attached hydrogens (tertiary/aromatic N) is 12. The molecule has 2 aromatic carbocycles. The lowest BCUT2D eigenvalue weighted by molar-refractivity contribution is 0.00355. The molecule has 0 aliphatic carbocycles. The number of benzene rings is 2. The second kappa shape index (κ2) is 27.0. The van der Waals surface area contributed by atoms with Crippen LogP contribution in [0, 0.1) is 13.8 Å². The minimum absolute atomic E-state index is 0.167. The molecule has 0 N–H and O–H groups in total. The summed E-state index contributed by atoms with van der Waals surface area (Å²) in [7, 11) is 1.24. The van der Waals surface area contributed by atoms with E-state index >= 15 is 0 Å². The highest BCUT2D eigenvalue weighted by atomic mass is 32.2. The van der Waals surface area contributed by atoms with Gasteiger partial charge in [-0.1, -0.05) is 12.1 Å². The maximum Gasteiger partial charge on any atom is 0.231 e. The van der Waals surface area contributed by atoms with Crippen LogP contribution in [0.15, 0.2) is 98.1 Å². The van der Waals surface area contributed by atoms with Crippen molar-refractivity contribution in [2.75, 3.05) is 42.7 Å². The number of hydrogen-bond acceptors (Lipinski definition) is 22. The number of aryl methyl sites for hydroxylation is 2. The average molecular weight is 1170 g/mol. The number of methoxy groups -OCH3 is 6. The quantitative estimate of drug-likeness (QED) is 0.0556. The van der Waals surface area contributed by atoms with Crippen LogP contribution in [0.4, 0.5) is 0 Å². The predicted molar refractivity (Wildman–Crippen MR) is 304 cm³/mol. The van der Waals surface area contributed by atoms with Crippen molar-refractivity contribution in [1.82, 2.24) is 59.4 Å². The van der Waals surface area contributed by atoms with Crippen molar-refractivity contribution >= 4 is 19.7 Å². The number of sulfone groups is 2. The largest absolute Gasteiger partial charge is 0.494 e. The van der Waals surface area contributed by atoms with E-state index in [9.17, 15) is 16.8 Å². The molecule has 0 aliphatic rings. The fraction of sp³-hybridized carbons (Fsp3) is 0.393. The Kier molecular flexibility index (Phi) is 20.3. The Balaban J connectivity index is 0.000000236. The third kappa shape index (κ3) is 14.1. The highest BCUT2D eigenvalue weighted by Gasteiger charge is 2.38. The van der Waals surface area contributed by atoms with Gasteiger partial charge in [-0.2, -0.15) is 0 Å². The van der Waals surface area contributed by atoms with Gasteiger partial charge in [-0.05, 0) is 103 Å². The van der Waals surface area contributed by atoms with Gasteiger partial charge >= 0.3 is 0 Å². The molecule has 82 heavy (non-hydrogen) atoms. The van der Waals surface area contributed by atoms with Crippen LogP contribution in [-0.2, 0) is 40.7 Å². The van der Waals surface area contributed by atoms with Crippen LogP contribution in [0.3, 0.4) is 0 Å². The Bertz CT molecular complexity index is 3370. The van der Waals surface area contributed by atoms with Crippen molar-refractivity contribution in [2.24, 2.45) is 0 Å². The SMILES string of the molecule is COc1cnc([C@@H](OC(C)C)[C@@H](C)S(=O)(=O)Cc2nnc(-c3cncc(C)c3)n2-c2c(OC)cccc2OC)cn1.COc1cnc([C@H](OC(C)C)[C@H](C)S(=O)(=O)Cc2nnc(-c3cncc(C)c3)n2-c2c(OC)cccc2OC)cn1. The fourth-order valence-corrected chi connectivity index (χ4v) is 11.5. The summed E-state index contributed by atoms with van der Waals surface area (Å²) in [6.45, 7) is 14.3. The second-order valence-electron chi connectivity index (χ2n) is 19.3. The summed E-state index contributed by atoms with van der Waals surface area (Å²) < 4.78 is 104. The molecule has 0 radical (unpaired) electrons. The lowest BCUT2D eigenvalue weighted by Crippen LogP contribution is -2.31. The first kappa shape index (κ1) is 61.4. The number of rotatable bonds is 24. The minimum atomic E-state index is -3.91. The Morgan fingerprint density at radius 1 is 0.451 bits per heavy atom. The van der Waals surface area contributed by atoms with E-state index in [4.69, 9.17) is 37.9 Å². The molecule has 0 fully saturated rings. The van der Waals surface area contributed by atoms with E-state index in [2.05, 4.69) is 50.3 Å². The third-order valence-electron chi connectivity index (χ3n) is 12.8. The van der Waals surface area contributed by atoms with Gasteiger partial charge in [0.05, 0.1) is 102 Å². The van der Waals surface area contributed by atoms with E-state index in [0.29, 0.717) is 80.3 Å². The van der Waals surface area contributed by atoms with Crippen LogP contribution in [0.2, 0.25) is 0 Å². The number of hydrogen-bond donors (Lipinski definition) is 0. The van der Waals surface area contributed by atoms with Crippen molar-refractivity contribution in [3.63, 3.8) is 0 Å². The molecule has 8 rings (SSSR count). The van der Waals surface area contributed by atoms with Gasteiger partial charge in [0, 0.05) is 35.9 Å². The van der Waals surface area contributed by atoms with E-state index in [1.165, 1.54) is 67.4 Å². The standard InChI is InChI=1S/2C28H34N6O6S/c2*1-17(2)40-27(21-14-31-25(39-7)15-30-21)19(4)41(35,36)16-24-32-33-28(20-11-18(3)12-29-13-20)34(24)26-22(37-5)9-8-10-23(26)38-6/h2*8-15,17,19,27H,16H2,1-7H3/t2*19-,27+/m10/s1. The van der Waals surface area contributed by atoms with Crippen molar-refractivity contribution in [3.8, 4) is 68.9 Å². The van der Waals surface area contributed by atoms with Crippen LogP contribution in [-0.4, -0.2) is 142 Å². The Morgan fingerprint density at radius 2 is 0.805 bits per heavy atom. The summed E-state index contributed by atoms with van der Waals surface area (Å²) in [5.74, 6) is 2.62. The summed E-state index contributed by atoms with van der Waals surface area (Å²) in [6, 6.07) is 14.4. The van der Waals surface area contributed by atoms with Crippen molar-refractivity contribution in [1.29, 1.82) is 0 Å². The molecule has 0 unspecified atom stereocenters. The fourth-order valence-electron chi connectivity index (χ4n) is 8.71. The molecule has 26 heteroatoms. The monoisotopic (exact) mass is 1160 g/mol. The molecule has 0 bridgehead atoms. The number of ether oxygens (including phenoxy) is 8. The lowest BCUT2D eigenvalue weighted by Gasteiger charge is -2.26. The first-order valence-corrected chi connectivity index (χ1v) is 29.2. The van der Waals surface area contributed by atoms with Crippen molar-refractivity contribution < 1.29 is 54.7 Å². The smallest absolute Gasteiger partial charge is 0.231 e. The van der Waals surface area contributed by atoms with Gasteiger partial charge in [-0.15, -0.1) is 20.4 Å². The molecule has 6 aromatic heterocycles. The molecule has 24 nitrogen and oxygen atoms in total. The van der Waals surface area contributed by atoms with Crippen LogP contribution >= 0.6 is 0 Å². The topological polar surface area (TPSA) is 281 Å². The molecular formula is C56H68N12O12S2.